The van der Waals surface area contributed by atoms with Crippen molar-refractivity contribution in [3.63, 3.8) is 0 Å². The maximum absolute atomic E-state index is 13.2. The van der Waals surface area contributed by atoms with Crippen molar-refractivity contribution in [2.75, 3.05) is 19.2 Å². The Morgan fingerprint density at radius 3 is 2.46 bits per heavy atom. The Hall–Kier alpha value is -2.84. The largest absolute Gasteiger partial charge is 0.497 e. The zero-order chi connectivity index (χ0) is 18.1. The molecule has 1 aromatic rings. The summed E-state index contributed by atoms with van der Waals surface area (Å²) in [6, 6.07) is 6.07. The van der Waals surface area contributed by atoms with Crippen LogP contribution in [0.2, 0.25) is 0 Å². The number of methoxy groups -OCH3 is 2. The summed E-state index contributed by atoms with van der Waals surface area (Å²) in [7, 11) is 2.21. The number of halogens is 3. The lowest BCUT2D eigenvalue weighted by molar-refractivity contribution is -0.148. The van der Waals surface area contributed by atoms with Gasteiger partial charge < -0.3 is 9.47 Å². The van der Waals surface area contributed by atoms with Crippen molar-refractivity contribution in [2.24, 2.45) is 5.10 Å². The van der Waals surface area contributed by atoms with Gasteiger partial charge in [-0.15, -0.1) is 0 Å². The van der Waals surface area contributed by atoms with E-state index in [-0.39, 0.29) is 11.4 Å². The predicted octanol–water partition coefficient (Wildman–Crippen LogP) is 2.45. The topological polar surface area (TPSA) is 68.2 Å². The fourth-order valence-electron chi connectivity index (χ4n) is 2.17. The Labute approximate surface area is 135 Å². The third-order valence-electron chi connectivity index (χ3n) is 3.24. The number of carbonyl (C=O) groups excluding carboxylic acids is 2. The van der Waals surface area contributed by atoms with Gasteiger partial charge in [0.1, 0.15) is 5.75 Å². The molecule has 0 aliphatic carbocycles. The van der Waals surface area contributed by atoms with E-state index in [1.807, 2.05) is 0 Å². The summed E-state index contributed by atoms with van der Waals surface area (Å²) >= 11 is 0. The molecule has 1 aliphatic heterocycles. The van der Waals surface area contributed by atoms with Crippen LogP contribution < -0.4 is 9.75 Å². The first-order valence-corrected chi connectivity index (χ1v) is 6.64. The molecule has 2 rings (SSSR count). The molecule has 0 N–H and O–H groups in total. The molecule has 128 valence electrons. The lowest BCUT2D eigenvalue weighted by Gasteiger charge is -2.15. The second-order valence-corrected chi connectivity index (χ2v) is 4.74. The Morgan fingerprint density at radius 2 is 1.92 bits per heavy atom. The van der Waals surface area contributed by atoms with Crippen LogP contribution in [0.3, 0.4) is 0 Å². The minimum Gasteiger partial charge on any atom is -0.497 e. The molecule has 24 heavy (non-hydrogen) atoms. The third-order valence-corrected chi connectivity index (χ3v) is 3.24. The SMILES string of the molecule is COC(=O)/C(=C1/C(=O)N(c2cccc(OC)c2)N=C1C)C(F)(F)F. The molecule has 0 fully saturated rings. The van der Waals surface area contributed by atoms with Crippen LogP contribution in [0.5, 0.6) is 5.75 Å². The summed E-state index contributed by atoms with van der Waals surface area (Å²) in [5.74, 6) is -2.32. The number of rotatable bonds is 3. The smallest absolute Gasteiger partial charge is 0.424 e. The number of hydrazone groups is 1. The highest BCUT2D eigenvalue weighted by Gasteiger charge is 2.47. The van der Waals surface area contributed by atoms with E-state index in [1.54, 1.807) is 12.1 Å². The van der Waals surface area contributed by atoms with Crippen LogP contribution in [-0.4, -0.2) is 38.0 Å². The highest BCUT2D eigenvalue weighted by atomic mass is 19.4. The number of amides is 1. The van der Waals surface area contributed by atoms with Crippen LogP contribution >= 0.6 is 0 Å². The summed E-state index contributed by atoms with van der Waals surface area (Å²) < 4.78 is 48.8. The first kappa shape index (κ1) is 17.5. The Bertz CT molecular complexity index is 753. The van der Waals surface area contributed by atoms with Crippen LogP contribution in [0.1, 0.15) is 6.92 Å². The van der Waals surface area contributed by atoms with E-state index >= 15 is 0 Å². The summed E-state index contributed by atoms with van der Waals surface area (Å²) in [6.45, 7) is 1.21. The van der Waals surface area contributed by atoms with E-state index in [1.165, 1.54) is 26.2 Å². The van der Waals surface area contributed by atoms with Gasteiger partial charge in [0.25, 0.3) is 5.91 Å². The van der Waals surface area contributed by atoms with Gasteiger partial charge in [-0.3, -0.25) is 4.79 Å². The van der Waals surface area contributed by atoms with E-state index in [0.29, 0.717) is 5.75 Å². The molecule has 9 heteroatoms. The highest BCUT2D eigenvalue weighted by Crippen LogP contribution is 2.34. The summed E-state index contributed by atoms with van der Waals surface area (Å²) in [5.41, 5.74) is -2.54. The average Bonchev–Trinajstić information content (AvgIpc) is 2.82. The lowest BCUT2D eigenvalue weighted by atomic mass is 10.0. The number of carbonyl (C=O) groups is 2. The van der Waals surface area contributed by atoms with Gasteiger partial charge >= 0.3 is 12.1 Å². The lowest BCUT2D eigenvalue weighted by Crippen LogP contribution is -2.29. The van der Waals surface area contributed by atoms with E-state index < -0.39 is 29.2 Å². The molecule has 0 bridgehead atoms. The monoisotopic (exact) mass is 342 g/mol. The van der Waals surface area contributed by atoms with E-state index in [0.717, 1.165) is 12.1 Å². The quantitative estimate of drug-likeness (QED) is 0.625. The van der Waals surface area contributed by atoms with Crippen LogP contribution in [0, 0.1) is 0 Å². The molecule has 0 radical (unpaired) electrons. The summed E-state index contributed by atoms with van der Waals surface area (Å²) in [4.78, 5) is 24.0. The van der Waals surface area contributed by atoms with Crippen molar-refractivity contribution in [1.82, 2.24) is 0 Å². The van der Waals surface area contributed by atoms with E-state index in [4.69, 9.17) is 4.74 Å². The Kier molecular flexibility index (Phi) is 4.63. The molecule has 6 nitrogen and oxygen atoms in total. The zero-order valence-electron chi connectivity index (χ0n) is 13.0. The van der Waals surface area contributed by atoms with Gasteiger partial charge in [0.05, 0.1) is 31.2 Å². The highest BCUT2D eigenvalue weighted by molar-refractivity contribution is 6.32. The number of hydrogen-bond donors (Lipinski definition) is 0. The second kappa shape index (κ2) is 6.34. The van der Waals surface area contributed by atoms with Gasteiger partial charge in [-0.1, -0.05) is 6.07 Å². The predicted molar refractivity (Wildman–Crippen MR) is 78.7 cm³/mol. The number of benzene rings is 1. The molecular formula is C15H13F3N2O4. The zero-order valence-corrected chi connectivity index (χ0v) is 13.0. The van der Waals surface area contributed by atoms with Gasteiger partial charge in [0.15, 0.2) is 5.57 Å². The standard InChI is InChI=1S/C15H13F3N2O4/c1-8-11(12(14(22)24-3)15(16,17)18)13(21)20(19-8)9-5-4-6-10(7-9)23-2/h4-7H,1-3H3/b12-11-. The number of ether oxygens (including phenoxy) is 2. The van der Waals surface area contributed by atoms with Gasteiger partial charge in [-0.2, -0.15) is 23.3 Å². The number of esters is 1. The molecule has 0 spiro atoms. The minimum atomic E-state index is -5.06. The van der Waals surface area contributed by atoms with Gasteiger partial charge in [-0.25, -0.2) is 4.79 Å². The summed E-state index contributed by atoms with van der Waals surface area (Å²) in [6.07, 6.45) is -5.06. The van der Waals surface area contributed by atoms with Gasteiger partial charge in [-0.05, 0) is 19.1 Å². The van der Waals surface area contributed by atoms with Crippen LogP contribution in [-0.2, 0) is 14.3 Å². The first-order valence-electron chi connectivity index (χ1n) is 6.64. The van der Waals surface area contributed by atoms with Crippen molar-refractivity contribution in [3.8, 4) is 5.75 Å². The van der Waals surface area contributed by atoms with Crippen molar-refractivity contribution in [3.05, 3.63) is 35.4 Å². The molecule has 0 saturated heterocycles. The van der Waals surface area contributed by atoms with Crippen molar-refractivity contribution in [1.29, 1.82) is 0 Å². The third kappa shape index (κ3) is 3.10. The molecule has 1 aromatic carbocycles. The van der Waals surface area contributed by atoms with E-state index in [2.05, 4.69) is 9.84 Å². The minimum absolute atomic E-state index is 0.208. The number of hydrogen-bond acceptors (Lipinski definition) is 5. The first-order chi connectivity index (χ1) is 11.2. The fourth-order valence-corrected chi connectivity index (χ4v) is 2.17. The number of alkyl halides is 3. The van der Waals surface area contributed by atoms with Crippen molar-refractivity contribution < 1.29 is 32.2 Å². The number of nitrogens with zero attached hydrogens (tertiary/aromatic N) is 2. The van der Waals surface area contributed by atoms with Crippen LogP contribution in [0.25, 0.3) is 0 Å². The Morgan fingerprint density at radius 1 is 1.25 bits per heavy atom. The fraction of sp³-hybridized carbons (Fsp3) is 0.267. The van der Waals surface area contributed by atoms with Gasteiger partial charge in [0, 0.05) is 6.07 Å². The van der Waals surface area contributed by atoms with Gasteiger partial charge in [0.2, 0.25) is 0 Å². The maximum Gasteiger partial charge on any atom is 0.424 e. The molecule has 1 aliphatic rings. The molecular weight excluding hydrogens is 329 g/mol. The van der Waals surface area contributed by atoms with Crippen molar-refractivity contribution >= 4 is 23.3 Å². The second-order valence-electron chi connectivity index (χ2n) is 4.74. The van der Waals surface area contributed by atoms with Crippen LogP contribution in [0.4, 0.5) is 18.9 Å². The summed E-state index contributed by atoms with van der Waals surface area (Å²) in [5, 5.41) is 4.61. The maximum atomic E-state index is 13.2. The number of anilines is 1. The van der Waals surface area contributed by atoms with Crippen LogP contribution in [0.15, 0.2) is 40.5 Å². The molecule has 1 amide bonds. The Balaban J connectivity index is 2.56. The molecule has 0 saturated carbocycles. The normalized spacial score (nSPS) is 16.8. The average molecular weight is 342 g/mol. The molecule has 1 heterocycles. The van der Waals surface area contributed by atoms with E-state index in [9.17, 15) is 22.8 Å². The van der Waals surface area contributed by atoms with Crippen molar-refractivity contribution in [2.45, 2.75) is 13.1 Å². The molecule has 0 unspecified atom stereocenters. The molecule has 0 atom stereocenters. The molecule has 0 aromatic heterocycles.